The molecule has 98 valence electrons. The minimum absolute atomic E-state index is 0.102. The predicted molar refractivity (Wildman–Crippen MR) is 64.7 cm³/mol. The number of nitro groups is 1. The Bertz CT molecular complexity index is 621. The summed E-state index contributed by atoms with van der Waals surface area (Å²) >= 11 is 0. The van der Waals surface area contributed by atoms with Crippen molar-refractivity contribution in [1.82, 2.24) is 9.97 Å². The Kier molecular flexibility index (Phi) is 3.51. The van der Waals surface area contributed by atoms with Crippen LogP contribution in [-0.4, -0.2) is 21.9 Å². The van der Waals surface area contributed by atoms with Crippen molar-refractivity contribution in [1.29, 1.82) is 0 Å². The van der Waals surface area contributed by atoms with E-state index in [0.717, 1.165) is 12.1 Å². The van der Waals surface area contributed by atoms with E-state index in [1.165, 1.54) is 18.5 Å². The summed E-state index contributed by atoms with van der Waals surface area (Å²) in [7, 11) is 1.67. The third-order valence-electron chi connectivity index (χ3n) is 2.21. The van der Waals surface area contributed by atoms with Crippen LogP contribution in [-0.2, 0) is 0 Å². The number of hydrogen-bond donors (Lipinski definition) is 1. The summed E-state index contributed by atoms with van der Waals surface area (Å²) in [5.41, 5.74) is -0.609. The smallest absolute Gasteiger partial charge is 0.305 e. The highest BCUT2D eigenvalue weighted by atomic mass is 19.1. The highest BCUT2D eigenvalue weighted by molar-refractivity contribution is 5.40. The van der Waals surface area contributed by atoms with E-state index in [4.69, 9.17) is 4.74 Å². The topological polar surface area (TPSA) is 90.2 Å². The van der Waals surface area contributed by atoms with Gasteiger partial charge in [-0.2, -0.15) is 9.37 Å². The number of aromatic nitrogens is 2. The van der Waals surface area contributed by atoms with Gasteiger partial charge in [0.25, 0.3) is 0 Å². The van der Waals surface area contributed by atoms with Crippen molar-refractivity contribution in [3.8, 4) is 11.6 Å². The highest BCUT2D eigenvalue weighted by Gasteiger charge is 2.14. The normalized spacial score (nSPS) is 10.0. The summed E-state index contributed by atoms with van der Waals surface area (Å²) < 4.78 is 18.6. The fourth-order valence-electron chi connectivity index (χ4n) is 1.34. The molecule has 1 aromatic heterocycles. The summed E-state index contributed by atoms with van der Waals surface area (Å²) in [5.74, 6) is -0.231. The Morgan fingerprint density at radius 3 is 2.84 bits per heavy atom. The highest BCUT2D eigenvalue weighted by Crippen LogP contribution is 2.25. The molecule has 1 aromatic carbocycles. The van der Waals surface area contributed by atoms with Gasteiger partial charge in [0.15, 0.2) is 0 Å². The van der Waals surface area contributed by atoms with Gasteiger partial charge >= 0.3 is 5.69 Å². The van der Waals surface area contributed by atoms with Gasteiger partial charge in [0, 0.05) is 19.2 Å². The molecule has 0 radical (unpaired) electrons. The molecule has 0 bridgehead atoms. The molecule has 1 N–H and O–H groups in total. The maximum absolute atomic E-state index is 13.4. The fraction of sp³-hybridized carbons (Fsp3) is 0.0909. The van der Waals surface area contributed by atoms with E-state index in [2.05, 4.69) is 15.3 Å². The van der Waals surface area contributed by atoms with Crippen LogP contribution in [0.15, 0.2) is 30.6 Å². The number of anilines is 1. The van der Waals surface area contributed by atoms with Crippen molar-refractivity contribution in [2.45, 2.75) is 0 Å². The summed E-state index contributed by atoms with van der Waals surface area (Å²) in [5, 5.41) is 13.2. The minimum atomic E-state index is -0.972. The zero-order valence-electron chi connectivity index (χ0n) is 9.83. The van der Waals surface area contributed by atoms with Crippen molar-refractivity contribution in [2.75, 3.05) is 12.4 Å². The molecule has 1 heterocycles. The average molecular weight is 264 g/mol. The van der Waals surface area contributed by atoms with Crippen molar-refractivity contribution in [3.05, 3.63) is 46.5 Å². The number of nitrogens with zero attached hydrogens (tertiary/aromatic N) is 3. The second-order valence-corrected chi connectivity index (χ2v) is 3.46. The number of rotatable bonds is 4. The van der Waals surface area contributed by atoms with Crippen molar-refractivity contribution >= 4 is 11.5 Å². The van der Waals surface area contributed by atoms with Gasteiger partial charge in [-0.15, -0.1) is 0 Å². The van der Waals surface area contributed by atoms with Gasteiger partial charge in [-0.3, -0.25) is 15.1 Å². The molecule has 2 rings (SSSR count). The first kappa shape index (κ1) is 12.7. The van der Waals surface area contributed by atoms with Crippen LogP contribution < -0.4 is 10.1 Å². The summed E-state index contributed by atoms with van der Waals surface area (Å²) in [4.78, 5) is 17.6. The van der Waals surface area contributed by atoms with E-state index in [1.807, 2.05) is 0 Å². The third kappa shape index (κ3) is 2.92. The average Bonchev–Trinajstić information content (AvgIpc) is 2.38. The molecule has 0 atom stereocenters. The van der Waals surface area contributed by atoms with Crippen LogP contribution in [0.3, 0.4) is 0 Å². The molecular formula is C11H9FN4O3. The van der Waals surface area contributed by atoms with E-state index >= 15 is 0 Å². The summed E-state index contributed by atoms with van der Waals surface area (Å²) in [6.45, 7) is 0. The van der Waals surface area contributed by atoms with Gasteiger partial charge in [-0.05, 0) is 6.07 Å². The van der Waals surface area contributed by atoms with Gasteiger partial charge in [-0.25, -0.2) is 0 Å². The molecule has 0 aliphatic heterocycles. The van der Waals surface area contributed by atoms with E-state index in [0.29, 0.717) is 5.82 Å². The SMILES string of the molecule is CNc1cncc(Oc2ccc([N+](=O)[O-])c(F)c2)n1. The molecule has 0 saturated carbocycles. The molecule has 8 heteroatoms. The summed E-state index contributed by atoms with van der Waals surface area (Å²) in [6, 6.07) is 3.24. The van der Waals surface area contributed by atoms with Gasteiger partial charge in [0.1, 0.15) is 11.6 Å². The summed E-state index contributed by atoms with van der Waals surface area (Å²) in [6.07, 6.45) is 2.84. The Hall–Kier alpha value is -2.77. The molecule has 7 nitrogen and oxygen atoms in total. The Morgan fingerprint density at radius 2 is 2.21 bits per heavy atom. The second kappa shape index (κ2) is 5.25. The second-order valence-electron chi connectivity index (χ2n) is 3.46. The Labute approximate surface area is 107 Å². The van der Waals surface area contributed by atoms with Crippen LogP contribution in [0.25, 0.3) is 0 Å². The number of hydrogen-bond acceptors (Lipinski definition) is 6. The minimum Gasteiger partial charge on any atom is -0.437 e. The first-order valence-corrected chi connectivity index (χ1v) is 5.21. The van der Waals surface area contributed by atoms with E-state index in [9.17, 15) is 14.5 Å². The van der Waals surface area contributed by atoms with E-state index in [1.54, 1.807) is 7.05 Å². The molecule has 0 aliphatic rings. The number of benzene rings is 1. The van der Waals surface area contributed by atoms with E-state index in [-0.39, 0.29) is 11.6 Å². The van der Waals surface area contributed by atoms with Crippen LogP contribution in [0.1, 0.15) is 0 Å². The van der Waals surface area contributed by atoms with Crippen LogP contribution in [0.2, 0.25) is 0 Å². The zero-order valence-corrected chi connectivity index (χ0v) is 9.83. The maximum atomic E-state index is 13.4. The molecule has 2 aromatic rings. The van der Waals surface area contributed by atoms with Gasteiger partial charge in [0.05, 0.1) is 17.3 Å². The van der Waals surface area contributed by atoms with Crippen LogP contribution in [0, 0.1) is 15.9 Å². The third-order valence-corrected chi connectivity index (χ3v) is 2.21. The van der Waals surface area contributed by atoms with Gasteiger partial charge < -0.3 is 10.1 Å². The van der Waals surface area contributed by atoms with Gasteiger partial charge in [-0.1, -0.05) is 0 Å². The van der Waals surface area contributed by atoms with Crippen LogP contribution in [0.5, 0.6) is 11.6 Å². The lowest BCUT2D eigenvalue weighted by Gasteiger charge is -2.05. The largest absolute Gasteiger partial charge is 0.437 e. The molecular weight excluding hydrogens is 255 g/mol. The lowest BCUT2D eigenvalue weighted by molar-refractivity contribution is -0.387. The quantitative estimate of drug-likeness (QED) is 0.673. The first-order chi connectivity index (χ1) is 9.10. The lowest BCUT2D eigenvalue weighted by Crippen LogP contribution is -1.97. The van der Waals surface area contributed by atoms with E-state index < -0.39 is 16.4 Å². The zero-order chi connectivity index (χ0) is 13.8. The first-order valence-electron chi connectivity index (χ1n) is 5.21. The van der Waals surface area contributed by atoms with Crippen molar-refractivity contribution in [3.63, 3.8) is 0 Å². The van der Waals surface area contributed by atoms with Crippen LogP contribution in [0.4, 0.5) is 15.9 Å². The number of ether oxygens (including phenoxy) is 1. The molecule has 0 unspecified atom stereocenters. The lowest BCUT2D eigenvalue weighted by atomic mass is 10.3. The Balaban J connectivity index is 2.23. The standard InChI is InChI=1S/C11H9FN4O3/c1-13-10-5-14-6-11(15-10)19-7-2-3-9(16(17)18)8(12)4-7/h2-6H,1H3,(H,13,15). The van der Waals surface area contributed by atoms with Crippen molar-refractivity contribution in [2.24, 2.45) is 0 Å². The maximum Gasteiger partial charge on any atom is 0.305 e. The fourth-order valence-corrected chi connectivity index (χ4v) is 1.34. The van der Waals surface area contributed by atoms with Crippen LogP contribution >= 0.6 is 0 Å². The predicted octanol–water partition coefficient (Wildman–Crippen LogP) is 2.36. The molecule has 0 saturated heterocycles. The monoisotopic (exact) mass is 264 g/mol. The molecule has 0 spiro atoms. The van der Waals surface area contributed by atoms with Crippen molar-refractivity contribution < 1.29 is 14.1 Å². The number of halogens is 1. The number of nitrogens with one attached hydrogen (secondary N) is 1. The van der Waals surface area contributed by atoms with Gasteiger partial charge in [0.2, 0.25) is 11.7 Å². The molecule has 0 amide bonds. The molecule has 19 heavy (non-hydrogen) atoms. The molecule has 0 aliphatic carbocycles. The Morgan fingerprint density at radius 1 is 1.42 bits per heavy atom. The number of nitro benzene ring substituents is 1. The molecule has 0 fully saturated rings.